The molecule has 0 bridgehead atoms. The van der Waals surface area contributed by atoms with Crippen LogP contribution in [0.4, 0.5) is 11.4 Å². The van der Waals surface area contributed by atoms with Crippen molar-refractivity contribution in [2.45, 2.75) is 6.54 Å². The Bertz CT molecular complexity index is 466. The molecule has 82 valence electrons. The van der Waals surface area contributed by atoms with Gasteiger partial charge in [-0.3, -0.25) is 0 Å². The highest BCUT2D eigenvalue weighted by Crippen LogP contribution is 2.14. The van der Waals surface area contributed by atoms with E-state index in [-0.39, 0.29) is 0 Å². The summed E-state index contributed by atoms with van der Waals surface area (Å²) in [5.41, 5.74) is 8.72. The van der Waals surface area contributed by atoms with E-state index >= 15 is 0 Å². The van der Waals surface area contributed by atoms with Crippen molar-refractivity contribution in [1.82, 2.24) is 0 Å². The molecule has 2 nitrogen and oxygen atoms in total. The molecule has 0 aliphatic rings. The first-order chi connectivity index (χ1) is 7.74. The Morgan fingerprint density at radius 1 is 1.06 bits per heavy atom. The summed E-state index contributed by atoms with van der Waals surface area (Å²) in [7, 11) is 0. The van der Waals surface area contributed by atoms with Crippen molar-refractivity contribution < 1.29 is 0 Å². The first kappa shape index (κ1) is 11.0. The van der Waals surface area contributed by atoms with E-state index < -0.39 is 0 Å². The van der Waals surface area contributed by atoms with Gasteiger partial charge in [-0.25, -0.2) is 0 Å². The van der Waals surface area contributed by atoms with Crippen molar-refractivity contribution in [3.63, 3.8) is 0 Å². The van der Waals surface area contributed by atoms with E-state index in [0.29, 0.717) is 0 Å². The molecular formula is C13H13BrN2. The van der Waals surface area contributed by atoms with Crippen LogP contribution in [-0.4, -0.2) is 0 Å². The maximum absolute atomic E-state index is 5.62. The Balaban J connectivity index is 1.99. The highest BCUT2D eigenvalue weighted by molar-refractivity contribution is 9.10. The average molecular weight is 277 g/mol. The number of nitrogens with one attached hydrogen (secondary N) is 1. The maximum Gasteiger partial charge on any atom is 0.0401 e. The van der Waals surface area contributed by atoms with Gasteiger partial charge in [-0.15, -0.1) is 0 Å². The zero-order valence-corrected chi connectivity index (χ0v) is 10.4. The van der Waals surface area contributed by atoms with Gasteiger partial charge in [0.15, 0.2) is 0 Å². The first-order valence-corrected chi connectivity index (χ1v) is 5.87. The predicted octanol–water partition coefficient (Wildman–Crippen LogP) is 3.64. The summed E-state index contributed by atoms with van der Waals surface area (Å²) < 4.78 is 1.10. The van der Waals surface area contributed by atoms with Crippen LogP contribution < -0.4 is 11.1 Å². The van der Waals surface area contributed by atoms with Gasteiger partial charge < -0.3 is 11.1 Å². The maximum atomic E-state index is 5.62. The van der Waals surface area contributed by atoms with Crippen LogP contribution in [0.5, 0.6) is 0 Å². The van der Waals surface area contributed by atoms with Gasteiger partial charge in [0.1, 0.15) is 0 Å². The van der Waals surface area contributed by atoms with Gasteiger partial charge in [0.25, 0.3) is 0 Å². The highest BCUT2D eigenvalue weighted by atomic mass is 79.9. The Hall–Kier alpha value is -1.48. The monoisotopic (exact) mass is 276 g/mol. The van der Waals surface area contributed by atoms with E-state index in [2.05, 4.69) is 33.4 Å². The number of rotatable bonds is 3. The Morgan fingerprint density at radius 2 is 1.81 bits per heavy atom. The lowest BCUT2D eigenvalue weighted by Crippen LogP contribution is -1.99. The third-order valence-electron chi connectivity index (χ3n) is 2.30. The topological polar surface area (TPSA) is 38.0 Å². The van der Waals surface area contributed by atoms with E-state index in [9.17, 15) is 0 Å². The molecule has 2 rings (SSSR count). The fraction of sp³-hybridized carbons (Fsp3) is 0.0769. The van der Waals surface area contributed by atoms with Crippen molar-refractivity contribution in [1.29, 1.82) is 0 Å². The second kappa shape index (κ2) is 5.03. The van der Waals surface area contributed by atoms with Gasteiger partial charge in [-0.05, 0) is 42.0 Å². The molecule has 0 saturated carbocycles. The summed E-state index contributed by atoms with van der Waals surface area (Å²) in [6.45, 7) is 0.809. The number of anilines is 2. The smallest absolute Gasteiger partial charge is 0.0401 e. The van der Waals surface area contributed by atoms with Gasteiger partial charge >= 0.3 is 0 Å². The zero-order chi connectivity index (χ0) is 11.4. The summed E-state index contributed by atoms with van der Waals surface area (Å²) in [5.74, 6) is 0. The van der Waals surface area contributed by atoms with E-state index in [4.69, 9.17) is 5.73 Å². The lowest BCUT2D eigenvalue weighted by atomic mass is 10.2. The van der Waals surface area contributed by atoms with Crippen LogP contribution in [0.3, 0.4) is 0 Å². The standard InChI is InChI=1S/C13H13BrN2/c14-11-3-1-2-10(8-11)9-16-13-6-4-12(15)5-7-13/h1-8,16H,9,15H2. The van der Waals surface area contributed by atoms with E-state index in [1.165, 1.54) is 5.56 Å². The molecule has 16 heavy (non-hydrogen) atoms. The Morgan fingerprint density at radius 3 is 2.50 bits per heavy atom. The lowest BCUT2D eigenvalue weighted by Gasteiger charge is -2.07. The molecule has 2 aromatic carbocycles. The fourth-order valence-electron chi connectivity index (χ4n) is 1.45. The minimum atomic E-state index is 0.785. The molecule has 0 aromatic heterocycles. The number of nitrogens with two attached hydrogens (primary N) is 1. The molecule has 3 heteroatoms. The molecule has 0 unspecified atom stereocenters. The minimum absolute atomic E-state index is 0.785. The minimum Gasteiger partial charge on any atom is -0.399 e. The fourth-order valence-corrected chi connectivity index (χ4v) is 1.90. The van der Waals surface area contributed by atoms with Crippen molar-refractivity contribution in [3.05, 3.63) is 58.6 Å². The zero-order valence-electron chi connectivity index (χ0n) is 8.78. The van der Waals surface area contributed by atoms with Gasteiger partial charge in [-0.2, -0.15) is 0 Å². The second-order valence-corrected chi connectivity index (χ2v) is 4.52. The Labute approximate surface area is 104 Å². The normalized spacial score (nSPS) is 10.1. The molecule has 0 amide bonds. The van der Waals surface area contributed by atoms with E-state index in [1.54, 1.807) is 0 Å². The molecule has 0 heterocycles. The molecule has 0 aliphatic carbocycles. The quantitative estimate of drug-likeness (QED) is 0.840. The number of hydrogen-bond donors (Lipinski definition) is 2. The SMILES string of the molecule is Nc1ccc(NCc2cccc(Br)c2)cc1. The largest absolute Gasteiger partial charge is 0.399 e. The summed E-state index contributed by atoms with van der Waals surface area (Å²) in [5, 5.41) is 3.34. The van der Waals surface area contributed by atoms with Crippen LogP contribution in [0.1, 0.15) is 5.56 Å². The van der Waals surface area contributed by atoms with Gasteiger partial charge in [0.2, 0.25) is 0 Å². The van der Waals surface area contributed by atoms with E-state index in [1.807, 2.05) is 36.4 Å². The van der Waals surface area contributed by atoms with Crippen LogP contribution in [0.2, 0.25) is 0 Å². The third-order valence-corrected chi connectivity index (χ3v) is 2.79. The molecule has 0 aliphatic heterocycles. The van der Waals surface area contributed by atoms with Crippen LogP contribution >= 0.6 is 15.9 Å². The average Bonchev–Trinajstić information content (AvgIpc) is 2.28. The number of hydrogen-bond acceptors (Lipinski definition) is 2. The lowest BCUT2D eigenvalue weighted by molar-refractivity contribution is 1.15. The Kier molecular flexibility index (Phi) is 3.47. The molecule has 3 N–H and O–H groups in total. The summed E-state index contributed by atoms with van der Waals surface area (Å²) in [4.78, 5) is 0. The van der Waals surface area contributed by atoms with Crippen molar-refractivity contribution in [2.24, 2.45) is 0 Å². The van der Waals surface area contributed by atoms with Crippen LogP contribution in [-0.2, 0) is 6.54 Å². The van der Waals surface area contributed by atoms with Gasteiger partial charge in [0, 0.05) is 22.4 Å². The summed E-state index contributed by atoms with van der Waals surface area (Å²) >= 11 is 3.45. The van der Waals surface area contributed by atoms with Crippen LogP contribution in [0, 0.1) is 0 Å². The molecule has 2 aromatic rings. The second-order valence-electron chi connectivity index (χ2n) is 3.61. The molecule has 0 saturated heterocycles. The van der Waals surface area contributed by atoms with Gasteiger partial charge in [-0.1, -0.05) is 28.1 Å². The third kappa shape index (κ3) is 3.00. The number of halogens is 1. The molecule has 0 spiro atoms. The van der Waals surface area contributed by atoms with Crippen molar-refractivity contribution >= 4 is 27.3 Å². The van der Waals surface area contributed by atoms with Crippen LogP contribution in [0.15, 0.2) is 53.0 Å². The summed E-state index contributed by atoms with van der Waals surface area (Å²) in [6.07, 6.45) is 0. The molecule has 0 atom stereocenters. The predicted molar refractivity (Wildman–Crippen MR) is 72.3 cm³/mol. The van der Waals surface area contributed by atoms with Crippen molar-refractivity contribution in [2.75, 3.05) is 11.1 Å². The number of nitrogen functional groups attached to an aromatic ring is 1. The van der Waals surface area contributed by atoms with Gasteiger partial charge in [0.05, 0.1) is 0 Å². The van der Waals surface area contributed by atoms with E-state index in [0.717, 1.165) is 22.4 Å². The molecular weight excluding hydrogens is 264 g/mol. The summed E-state index contributed by atoms with van der Waals surface area (Å²) in [6, 6.07) is 16.0. The highest BCUT2D eigenvalue weighted by Gasteiger charge is 1.95. The first-order valence-electron chi connectivity index (χ1n) is 5.08. The number of benzene rings is 2. The van der Waals surface area contributed by atoms with Crippen LogP contribution in [0.25, 0.3) is 0 Å². The van der Waals surface area contributed by atoms with Crippen molar-refractivity contribution in [3.8, 4) is 0 Å². The molecule has 0 radical (unpaired) electrons. The molecule has 0 fully saturated rings.